The molecule has 6 heteroatoms. The van der Waals surface area contributed by atoms with Crippen LogP contribution in [-0.2, 0) is 11.3 Å². The number of anilines is 1. The highest BCUT2D eigenvalue weighted by atomic mass is 16.2. The summed E-state index contributed by atoms with van der Waals surface area (Å²) in [7, 11) is 0. The van der Waals surface area contributed by atoms with Crippen molar-refractivity contribution in [1.82, 2.24) is 10.2 Å². The molecular weight excluding hydrogens is 244 g/mol. The van der Waals surface area contributed by atoms with E-state index in [0.717, 1.165) is 11.3 Å². The lowest BCUT2D eigenvalue weighted by Crippen LogP contribution is -2.31. The molecule has 0 bridgehead atoms. The van der Waals surface area contributed by atoms with Gasteiger partial charge < -0.3 is 21.3 Å². The Balaban J connectivity index is 1.78. The maximum atomic E-state index is 11.7. The predicted molar refractivity (Wildman–Crippen MR) is 72.6 cm³/mol. The van der Waals surface area contributed by atoms with Crippen molar-refractivity contribution in [2.75, 3.05) is 25.0 Å². The second-order valence-corrected chi connectivity index (χ2v) is 4.42. The first-order chi connectivity index (χ1) is 9.19. The molecule has 1 fully saturated rings. The van der Waals surface area contributed by atoms with Gasteiger partial charge in [0.05, 0.1) is 0 Å². The largest absolute Gasteiger partial charge is 0.336 e. The van der Waals surface area contributed by atoms with Crippen molar-refractivity contribution in [3.63, 3.8) is 0 Å². The van der Waals surface area contributed by atoms with Gasteiger partial charge in [0.2, 0.25) is 5.91 Å². The molecule has 1 aromatic rings. The minimum Gasteiger partial charge on any atom is -0.336 e. The van der Waals surface area contributed by atoms with E-state index >= 15 is 0 Å². The standard InChI is InChI=1S/C13H18N4O2/c14-9-10-1-3-11(4-2-10)16-12(18)5-7-17-8-6-15-13(17)19/h1-4H,5-9,14H2,(H,15,19)(H,16,18). The second-order valence-electron chi connectivity index (χ2n) is 4.42. The van der Waals surface area contributed by atoms with Gasteiger partial charge in [-0.05, 0) is 17.7 Å². The molecule has 1 aromatic carbocycles. The van der Waals surface area contributed by atoms with Crippen LogP contribution in [0.4, 0.5) is 10.5 Å². The molecule has 0 radical (unpaired) electrons. The summed E-state index contributed by atoms with van der Waals surface area (Å²) in [5.41, 5.74) is 7.26. The van der Waals surface area contributed by atoms with Gasteiger partial charge in [-0.1, -0.05) is 12.1 Å². The number of nitrogens with zero attached hydrogens (tertiary/aromatic N) is 1. The summed E-state index contributed by atoms with van der Waals surface area (Å²) >= 11 is 0. The Morgan fingerprint density at radius 1 is 1.37 bits per heavy atom. The summed E-state index contributed by atoms with van der Waals surface area (Å²) in [6.45, 7) is 2.25. The maximum Gasteiger partial charge on any atom is 0.317 e. The lowest BCUT2D eigenvalue weighted by Gasteiger charge is -2.13. The molecule has 2 rings (SSSR count). The highest BCUT2D eigenvalue weighted by Crippen LogP contribution is 2.09. The first-order valence-electron chi connectivity index (χ1n) is 6.30. The average molecular weight is 262 g/mol. The van der Waals surface area contributed by atoms with E-state index in [1.807, 2.05) is 24.3 Å². The summed E-state index contributed by atoms with van der Waals surface area (Å²) in [6.07, 6.45) is 0.298. The van der Waals surface area contributed by atoms with Crippen LogP contribution in [-0.4, -0.2) is 36.5 Å². The van der Waals surface area contributed by atoms with Crippen molar-refractivity contribution < 1.29 is 9.59 Å². The van der Waals surface area contributed by atoms with E-state index in [0.29, 0.717) is 32.6 Å². The highest BCUT2D eigenvalue weighted by Gasteiger charge is 2.19. The predicted octanol–water partition coefficient (Wildman–Crippen LogP) is 0.499. The minimum absolute atomic E-state index is 0.0970. The zero-order valence-corrected chi connectivity index (χ0v) is 10.7. The van der Waals surface area contributed by atoms with E-state index in [9.17, 15) is 9.59 Å². The average Bonchev–Trinajstić information content (AvgIpc) is 2.83. The van der Waals surface area contributed by atoms with Crippen LogP contribution in [0.15, 0.2) is 24.3 Å². The fourth-order valence-corrected chi connectivity index (χ4v) is 1.91. The van der Waals surface area contributed by atoms with Crippen LogP contribution in [0.5, 0.6) is 0 Å². The van der Waals surface area contributed by atoms with Crippen LogP contribution >= 0.6 is 0 Å². The van der Waals surface area contributed by atoms with Crippen LogP contribution in [0.25, 0.3) is 0 Å². The molecule has 4 N–H and O–H groups in total. The molecule has 1 aliphatic heterocycles. The normalized spacial score (nSPS) is 14.4. The molecular formula is C13H18N4O2. The SMILES string of the molecule is NCc1ccc(NC(=O)CCN2CCNC2=O)cc1. The van der Waals surface area contributed by atoms with Gasteiger partial charge in [0.25, 0.3) is 0 Å². The molecule has 0 aromatic heterocycles. The number of rotatable bonds is 5. The summed E-state index contributed by atoms with van der Waals surface area (Å²) < 4.78 is 0. The quantitative estimate of drug-likeness (QED) is 0.722. The molecule has 19 heavy (non-hydrogen) atoms. The van der Waals surface area contributed by atoms with Crippen molar-refractivity contribution in [3.05, 3.63) is 29.8 Å². The second kappa shape index (κ2) is 6.19. The zero-order chi connectivity index (χ0) is 13.7. The molecule has 1 saturated heterocycles. The van der Waals surface area contributed by atoms with Crippen molar-refractivity contribution in [3.8, 4) is 0 Å². The van der Waals surface area contributed by atoms with Gasteiger partial charge in [0.1, 0.15) is 0 Å². The number of carbonyl (C=O) groups excluding carboxylic acids is 2. The topological polar surface area (TPSA) is 87.5 Å². The van der Waals surface area contributed by atoms with Crippen LogP contribution in [0.2, 0.25) is 0 Å². The Kier molecular flexibility index (Phi) is 4.35. The van der Waals surface area contributed by atoms with Gasteiger partial charge in [0.15, 0.2) is 0 Å². The van der Waals surface area contributed by atoms with E-state index in [4.69, 9.17) is 5.73 Å². The van der Waals surface area contributed by atoms with E-state index < -0.39 is 0 Å². The number of nitrogens with two attached hydrogens (primary N) is 1. The summed E-state index contributed by atoms with van der Waals surface area (Å²) in [5, 5.41) is 5.49. The van der Waals surface area contributed by atoms with Crippen LogP contribution in [0, 0.1) is 0 Å². The van der Waals surface area contributed by atoms with Crippen LogP contribution < -0.4 is 16.4 Å². The Morgan fingerprint density at radius 2 is 2.11 bits per heavy atom. The van der Waals surface area contributed by atoms with Crippen molar-refractivity contribution in [1.29, 1.82) is 0 Å². The van der Waals surface area contributed by atoms with Gasteiger partial charge >= 0.3 is 6.03 Å². The third-order valence-electron chi connectivity index (χ3n) is 3.03. The number of carbonyl (C=O) groups is 2. The molecule has 102 valence electrons. The first-order valence-corrected chi connectivity index (χ1v) is 6.30. The molecule has 0 spiro atoms. The van der Waals surface area contributed by atoms with Gasteiger partial charge in [0, 0.05) is 38.3 Å². The highest BCUT2D eigenvalue weighted by molar-refractivity contribution is 5.91. The van der Waals surface area contributed by atoms with E-state index in [-0.39, 0.29) is 11.9 Å². The maximum absolute atomic E-state index is 11.7. The van der Waals surface area contributed by atoms with Gasteiger partial charge in [-0.2, -0.15) is 0 Å². The zero-order valence-electron chi connectivity index (χ0n) is 10.7. The van der Waals surface area contributed by atoms with E-state index in [1.54, 1.807) is 4.90 Å². The lowest BCUT2D eigenvalue weighted by atomic mass is 10.2. The van der Waals surface area contributed by atoms with Crippen LogP contribution in [0.3, 0.4) is 0 Å². The molecule has 0 aliphatic carbocycles. The first kappa shape index (κ1) is 13.4. The number of benzene rings is 1. The third-order valence-corrected chi connectivity index (χ3v) is 3.03. The third kappa shape index (κ3) is 3.69. The van der Waals surface area contributed by atoms with Crippen molar-refractivity contribution in [2.45, 2.75) is 13.0 Å². The van der Waals surface area contributed by atoms with Crippen LogP contribution in [0.1, 0.15) is 12.0 Å². The fourth-order valence-electron chi connectivity index (χ4n) is 1.91. The summed E-state index contributed by atoms with van der Waals surface area (Å²) in [4.78, 5) is 24.7. The summed E-state index contributed by atoms with van der Waals surface area (Å²) in [6, 6.07) is 7.30. The molecule has 1 heterocycles. The van der Waals surface area contributed by atoms with Crippen molar-refractivity contribution >= 4 is 17.6 Å². The number of hydrogen-bond donors (Lipinski definition) is 3. The Bertz CT molecular complexity index is 458. The Hall–Kier alpha value is -2.08. The van der Waals surface area contributed by atoms with Gasteiger partial charge in [-0.3, -0.25) is 4.79 Å². The Morgan fingerprint density at radius 3 is 2.68 bits per heavy atom. The number of urea groups is 1. The minimum atomic E-state index is -0.0971. The number of nitrogens with one attached hydrogen (secondary N) is 2. The number of amides is 3. The van der Waals surface area contributed by atoms with Crippen molar-refractivity contribution in [2.24, 2.45) is 5.73 Å². The number of hydrogen-bond acceptors (Lipinski definition) is 3. The molecule has 1 aliphatic rings. The molecule has 3 amide bonds. The molecule has 0 atom stereocenters. The van der Waals surface area contributed by atoms with Gasteiger partial charge in [-0.15, -0.1) is 0 Å². The van der Waals surface area contributed by atoms with Gasteiger partial charge in [-0.25, -0.2) is 4.79 Å². The van der Waals surface area contributed by atoms with E-state index in [2.05, 4.69) is 10.6 Å². The van der Waals surface area contributed by atoms with E-state index in [1.165, 1.54) is 0 Å². The molecule has 0 saturated carbocycles. The molecule has 0 unspecified atom stereocenters. The Labute approximate surface area is 112 Å². The lowest BCUT2D eigenvalue weighted by molar-refractivity contribution is -0.116. The molecule has 6 nitrogen and oxygen atoms in total. The summed E-state index contributed by atoms with van der Waals surface area (Å²) in [5.74, 6) is -0.0970. The monoisotopic (exact) mass is 262 g/mol. The fraction of sp³-hybridized carbons (Fsp3) is 0.385. The smallest absolute Gasteiger partial charge is 0.317 e.